The second-order valence-electron chi connectivity index (χ2n) is 4.30. The van der Waals surface area contributed by atoms with E-state index in [2.05, 4.69) is 15.6 Å². The van der Waals surface area contributed by atoms with Crippen LogP contribution in [0.1, 0.15) is 22.3 Å². The molecule has 2 amide bonds. The molecule has 0 fully saturated rings. The molecule has 0 aliphatic heterocycles. The molecule has 2 N–H and O–H groups in total. The number of benzene rings is 1. The Balaban J connectivity index is 2.12. The Morgan fingerprint density at radius 3 is 2.43 bits per heavy atom. The lowest BCUT2D eigenvalue weighted by Gasteiger charge is -2.05. The van der Waals surface area contributed by atoms with Gasteiger partial charge < -0.3 is 15.4 Å². The number of hydrogen-bond acceptors (Lipinski definition) is 5. The van der Waals surface area contributed by atoms with Crippen LogP contribution < -0.4 is 15.4 Å². The number of hydrogen-bond donors (Lipinski definition) is 2. The molecule has 1 aromatic carbocycles. The van der Waals surface area contributed by atoms with Crippen LogP contribution in [0.2, 0.25) is 0 Å². The Morgan fingerprint density at radius 2 is 1.86 bits per heavy atom. The summed E-state index contributed by atoms with van der Waals surface area (Å²) in [5.41, 5.74) is 1.24. The third-order valence-electron chi connectivity index (χ3n) is 2.63. The monoisotopic (exact) mass is 305 g/mol. The van der Waals surface area contributed by atoms with E-state index in [9.17, 15) is 9.59 Å². The molecular weight excluding hydrogens is 290 g/mol. The quantitative estimate of drug-likeness (QED) is 0.910. The van der Waals surface area contributed by atoms with Crippen molar-refractivity contribution in [2.24, 2.45) is 0 Å². The molecule has 0 spiro atoms. The molecule has 0 atom stereocenters. The molecule has 1 heterocycles. The molecule has 0 bridgehead atoms. The van der Waals surface area contributed by atoms with Crippen LogP contribution >= 0.6 is 11.3 Å². The Morgan fingerprint density at radius 1 is 1.19 bits per heavy atom. The van der Waals surface area contributed by atoms with Crippen molar-refractivity contribution in [1.29, 1.82) is 0 Å². The van der Waals surface area contributed by atoms with E-state index in [0.29, 0.717) is 21.4 Å². The maximum Gasteiger partial charge on any atom is 0.267 e. The predicted octanol–water partition coefficient (Wildman–Crippen LogP) is 2.67. The number of amides is 2. The zero-order valence-corrected chi connectivity index (χ0v) is 12.7. The number of ether oxygens (including phenoxy) is 1. The maximum atomic E-state index is 12.2. The highest BCUT2D eigenvalue weighted by Gasteiger charge is 2.16. The lowest BCUT2D eigenvalue weighted by atomic mass is 10.3. The van der Waals surface area contributed by atoms with Gasteiger partial charge in [-0.1, -0.05) is 11.3 Å². The van der Waals surface area contributed by atoms with E-state index in [1.807, 2.05) is 0 Å². The zero-order valence-electron chi connectivity index (χ0n) is 11.9. The normalized spacial score (nSPS) is 10.0. The third-order valence-corrected chi connectivity index (χ3v) is 3.71. The molecule has 0 saturated heterocycles. The molecule has 0 aliphatic rings. The van der Waals surface area contributed by atoms with Crippen molar-refractivity contribution in [3.63, 3.8) is 0 Å². The van der Waals surface area contributed by atoms with Gasteiger partial charge in [-0.25, -0.2) is 4.98 Å². The Kier molecular flexibility index (Phi) is 4.54. The zero-order chi connectivity index (χ0) is 15.4. The van der Waals surface area contributed by atoms with E-state index < -0.39 is 0 Å². The van der Waals surface area contributed by atoms with Gasteiger partial charge in [-0.15, -0.1) is 0 Å². The number of aryl methyl sites for hydroxylation is 1. The van der Waals surface area contributed by atoms with Crippen LogP contribution in [0.3, 0.4) is 0 Å². The number of anilines is 2. The Hall–Kier alpha value is -2.41. The number of nitrogens with one attached hydrogen (secondary N) is 2. The molecule has 0 unspecified atom stereocenters. The lowest BCUT2D eigenvalue weighted by Crippen LogP contribution is -2.11. The van der Waals surface area contributed by atoms with Gasteiger partial charge in [0.25, 0.3) is 5.91 Å². The van der Waals surface area contributed by atoms with Crippen molar-refractivity contribution in [3.05, 3.63) is 34.8 Å². The summed E-state index contributed by atoms with van der Waals surface area (Å²) in [6.45, 7) is 3.12. The van der Waals surface area contributed by atoms with Crippen LogP contribution in [-0.2, 0) is 4.79 Å². The van der Waals surface area contributed by atoms with Gasteiger partial charge in [-0.05, 0) is 31.2 Å². The van der Waals surface area contributed by atoms with Crippen LogP contribution in [0.4, 0.5) is 10.8 Å². The molecule has 6 nitrogen and oxygen atoms in total. The Bertz CT molecular complexity index is 665. The van der Waals surface area contributed by atoms with Crippen LogP contribution in [0.15, 0.2) is 24.3 Å². The van der Waals surface area contributed by atoms with Gasteiger partial charge in [0.1, 0.15) is 10.6 Å². The van der Waals surface area contributed by atoms with Crippen molar-refractivity contribution in [2.45, 2.75) is 13.8 Å². The average molecular weight is 305 g/mol. The van der Waals surface area contributed by atoms with Crippen molar-refractivity contribution >= 4 is 34.0 Å². The second kappa shape index (κ2) is 6.36. The fourth-order valence-corrected chi connectivity index (χ4v) is 2.58. The van der Waals surface area contributed by atoms with E-state index in [4.69, 9.17) is 4.74 Å². The fraction of sp³-hybridized carbons (Fsp3) is 0.214. The first-order valence-electron chi connectivity index (χ1n) is 6.20. The number of aromatic nitrogens is 1. The summed E-state index contributed by atoms with van der Waals surface area (Å²) in [7, 11) is 1.58. The lowest BCUT2D eigenvalue weighted by molar-refractivity contribution is -0.114. The van der Waals surface area contributed by atoms with E-state index in [0.717, 1.165) is 17.1 Å². The van der Waals surface area contributed by atoms with Crippen LogP contribution in [0, 0.1) is 6.92 Å². The number of methoxy groups -OCH3 is 1. The van der Waals surface area contributed by atoms with Gasteiger partial charge in [-0.2, -0.15) is 0 Å². The first-order valence-corrected chi connectivity index (χ1v) is 7.01. The molecule has 0 aliphatic carbocycles. The number of nitrogens with zero attached hydrogens (tertiary/aromatic N) is 1. The topological polar surface area (TPSA) is 80.3 Å². The van der Waals surface area contributed by atoms with Crippen molar-refractivity contribution in [3.8, 4) is 5.75 Å². The van der Waals surface area contributed by atoms with Crippen molar-refractivity contribution in [1.82, 2.24) is 4.98 Å². The van der Waals surface area contributed by atoms with Crippen molar-refractivity contribution < 1.29 is 14.3 Å². The summed E-state index contributed by atoms with van der Waals surface area (Å²) in [5.74, 6) is 0.243. The summed E-state index contributed by atoms with van der Waals surface area (Å²) in [6, 6.07) is 7.03. The highest BCUT2D eigenvalue weighted by molar-refractivity contribution is 7.17. The largest absolute Gasteiger partial charge is 0.497 e. The summed E-state index contributed by atoms with van der Waals surface area (Å²) >= 11 is 1.14. The SMILES string of the molecule is COc1ccc(NC(=O)c2sc(NC(C)=O)nc2C)cc1. The van der Waals surface area contributed by atoms with Gasteiger partial charge in [0, 0.05) is 12.6 Å². The molecule has 2 aromatic rings. The third kappa shape index (κ3) is 3.79. The van der Waals surface area contributed by atoms with Gasteiger partial charge in [0.15, 0.2) is 5.13 Å². The van der Waals surface area contributed by atoms with Gasteiger partial charge in [-0.3, -0.25) is 9.59 Å². The van der Waals surface area contributed by atoms with Crippen molar-refractivity contribution in [2.75, 3.05) is 17.7 Å². The van der Waals surface area contributed by atoms with Gasteiger partial charge >= 0.3 is 0 Å². The van der Waals surface area contributed by atoms with Crippen LogP contribution in [0.5, 0.6) is 5.75 Å². The summed E-state index contributed by atoms with van der Waals surface area (Å²) in [5, 5.41) is 5.77. The first-order chi connectivity index (χ1) is 9.99. The highest BCUT2D eigenvalue weighted by atomic mass is 32.1. The van der Waals surface area contributed by atoms with Crippen LogP contribution in [-0.4, -0.2) is 23.9 Å². The van der Waals surface area contributed by atoms with Gasteiger partial charge in [0.05, 0.1) is 12.8 Å². The molecular formula is C14H15N3O3S. The molecule has 0 saturated carbocycles. The molecule has 2 rings (SSSR count). The van der Waals surface area contributed by atoms with Gasteiger partial charge in [0.2, 0.25) is 5.91 Å². The smallest absolute Gasteiger partial charge is 0.267 e. The first kappa shape index (κ1) is 15.0. The minimum absolute atomic E-state index is 0.217. The molecule has 1 aromatic heterocycles. The minimum Gasteiger partial charge on any atom is -0.497 e. The number of carbonyl (C=O) groups is 2. The summed E-state index contributed by atoms with van der Waals surface area (Å²) < 4.78 is 5.06. The summed E-state index contributed by atoms with van der Waals surface area (Å²) in [6.07, 6.45) is 0. The molecule has 7 heteroatoms. The van der Waals surface area contributed by atoms with Crippen LogP contribution in [0.25, 0.3) is 0 Å². The van der Waals surface area contributed by atoms with E-state index >= 15 is 0 Å². The predicted molar refractivity (Wildman–Crippen MR) is 82.1 cm³/mol. The Labute approximate surface area is 126 Å². The minimum atomic E-state index is -0.258. The second-order valence-corrected chi connectivity index (χ2v) is 5.30. The summed E-state index contributed by atoms with van der Waals surface area (Å²) in [4.78, 5) is 27.8. The van der Waals surface area contributed by atoms with E-state index in [-0.39, 0.29) is 11.8 Å². The number of thiazole rings is 1. The number of rotatable bonds is 4. The van der Waals surface area contributed by atoms with E-state index in [1.165, 1.54) is 6.92 Å². The standard InChI is InChI=1S/C14H15N3O3S/c1-8-12(21-14(15-8)16-9(2)18)13(19)17-10-4-6-11(20-3)7-5-10/h4-7H,1-3H3,(H,17,19)(H,15,16,18). The molecule has 110 valence electrons. The maximum absolute atomic E-state index is 12.2. The number of carbonyl (C=O) groups excluding carboxylic acids is 2. The molecule has 0 radical (unpaired) electrons. The highest BCUT2D eigenvalue weighted by Crippen LogP contribution is 2.24. The molecule has 21 heavy (non-hydrogen) atoms. The fourth-order valence-electron chi connectivity index (χ4n) is 1.67. The van der Waals surface area contributed by atoms with E-state index in [1.54, 1.807) is 38.3 Å². The average Bonchev–Trinajstić information content (AvgIpc) is 2.79.